The van der Waals surface area contributed by atoms with Crippen LogP contribution in [-0.2, 0) is 6.42 Å². The molecule has 0 fully saturated rings. The van der Waals surface area contributed by atoms with Gasteiger partial charge >= 0.3 is 0 Å². The van der Waals surface area contributed by atoms with Gasteiger partial charge in [0.1, 0.15) is 5.82 Å². The van der Waals surface area contributed by atoms with E-state index in [1.54, 1.807) is 12.1 Å². The second kappa shape index (κ2) is 6.59. The van der Waals surface area contributed by atoms with Crippen molar-refractivity contribution < 1.29 is 4.39 Å². The van der Waals surface area contributed by atoms with Gasteiger partial charge in [-0.3, -0.25) is 0 Å². The topological polar surface area (TPSA) is 12.0 Å². The Balaban J connectivity index is 2.39. The van der Waals surface area contributed by atoms with Crippen molar-refractivity contribution in [3.8, 4) is 0 Å². The fraction of sp³-hybridized carbons (Fsp3) is 0.333. The zero-order valence-electron chi connectivity index (χ0n) is 12.9. The van der Waals surface area contributed by atoms with E-state index in [0.717, 1.165) is 0 Å². The summed E-state index contributed by atoms with van der Waals surface area (Å²) in [6.07, 6.45) is 0.577. The van der Waals surface area contributed by atoms with Crippen LogP contribution >= 0.6 is 11.6 Å². The van der Waals surface area contributed by atoms with Crippen LogP contribution in [0, 0.1) is 26.6 Å². The van der Waals surface area contributed by atoms with Gasteiger partial charge in [0, 0.05) is 11.1 Å². The number of benzene rings is 2. The molecule has 1 N–H and O–H groups in total. The highest BCUT2D eigenvalue weighted by molar-refractivity contribution is 6.30. The summed E-state index contributed by atoms with van der Waals surface area (Å²) in [4.78, 5) is 0. The number of rotatable bonds is 4. The number of hydrogen-bond acceptors (Lipinski definition) is 1. The Morgan fingerprint density at radius 1 is 1.10 bits per heavy atom. The third-order valence-electron chi connectivity index (χ3n) is 3.87. The normalized spacial score (nSPS) is 12.5. The van der Waals surface area contributed by atoms with Crippen LogP contribution in [0.4, 0.5) is 4.39 Å². The summed E-state index contributed by atoms with van der Waals surface area (Å²) in [5, 5.41) is 3.87. The van der Waals surface area contributed by atoms with Gasteiger partial charge < -0.3 is 5.32 Å². The Morgan fingerprint density at radius 2 is 1.71 bits per heavy atom. The minimum absolute atomic E-state index is 0.0681. The van der Waals surface area contributed by atoms with Gasteiger partial charge in [0.2, 0.25) is 0 Å². The summed E-state index contributed by atoms with van der Waals surface area (Å²) in [6.45, 7) is 6.30. The van der Waals surface area contributed by atoms with E-state index in [1.165, 1.54) is 28.3 Å². The van der Waals surface area contributed by atoms with Crippen LogP contribution < -0.4 is 5.32 Å². The fourth-order valence-corrected chi connectivity index (χ4v) is 3.20. The van der Waals surface area contributed by atoms with E-state index in [-0.39, 0.29) is 11.9 Å². The largest absolute Gasteiger partial charge is 0.313 e. The molecule has 0 saturated heterocycles. The molecule has 0 spiro atoms. The maximum atomic E-state index is 14.0. The van der Waals surface area contributed by atoms with Crippen LogP contribution in [0.2, 0.25) is 5.02 Å². The van der Waals surface area contributed by atoms with E-state index in [2.05, 4.69) is 38.2 Å². The number of halogens is 2. The van der Waals surface area contributed by atoms with Gasteiger partial charge in [-0.15, -0.1) is 0 Å². The first-order valence-electron chi connectivity index (χ1n) is 7.11. The molecule has 0 amide bonds. The Labute approximate surface area is 131 Å². The van der Waals surface area contributed by atoms with Gasteiger partial charge in [-0.2, -0.15) is 0 Å². The fourth-order valence-electron chi connectivity index (χ4n) is 3.01. The minimum atomic E-state index is -0.206. The second-order valence-corrected chi connectivity index (χ2v) is 6.03. The van der Waals surface area contributed by atoms with Gasteiger partial charge in [0.05, 0.1) is 0 Å². The third kappa shape index (κ3) is 3.63. The number of likely N-dealkylation sites (N-methyl/N-ethyl adjacent to an activating group) is 1. The molecule has 112 valence electrons. The third-order valence-corrected chi connectivity index (χ3v) is 4.10. The highest BCUT2D eigenvalue weighted by atomic mass is 35.5. The summed E-state index contributed by atoms with van der Waals surface area (Å²) in [5.41, 5.74) is 5.59. The molecule has 0 aliphatic heterocycles. The minimum Gasteiger partial charge on any atom is -0.313 e. The van der Waals surface area contributed by atoms with Gasteiger partial charge in [-0.25, -0.2) is 4.39 Å². The van der Waals surface area contributed by atoms with Crippen LogP contribution in [-0.4, -0.2) is 7.05 Å². The van der Waals surface area contributed by atoms with Crippen LogP contribution in [0.1, 0.15) is 33.9 Å². The summed E-state index contributed by atoms with van der Waals surface area (Å²) in [7, 11) is 1.91. The zero-order chi connectivity index (χ0) is 15.6. The van der Waals surface area contributed by atoms with Gasteiger partial charge in [-0.05, 0) is 74.7 Å². The molecule has 0 saturated carbocycles. The van der Waals surface area contributed by atoms with E-state index >= 15 is 0 Å². The molecule has 0 aliphatic carbocycles. The second-order valence-electron chi connectivity index (χ2n) is 5.59. The molecule has 1 nitrogen and oxygen atoms in total. The first-order chi connectivity index (χ1) is 9.92. The summed E-state index contributed by atoms with van der Waals surface area (Å²) in [5.74, 6) is -0.206. The number of nitrogens with one attached hydrogen (secondary N) is 1. The first-order valence-corrected chi connectivity index (χ1v) is 7.49. The van der Waals surface area contributed by atoms with E-state index in [4.69, 9.17) is 11.6 Å². The quantitative estimate of drug-likeness (QED) is 0.846. The summed E-state index contributed by atoms with van der Waals surface area (Å²) in [6, 6.07) is 9.12. The van der Waals surface area contributed by atoms with Gasteiger partial charge in [0.25, 0.3) is 0 Å². The predicted octanol–water partition coefficient (Wildman–Crippen LogP) is 4.91. The molecule has 0 aliphatic rings. The Bertz CT molecular complexity index is 629. The smallest absolute Gasteiger partial charge is 0.126 e. The Morgan fingerprint density at radius 3 is 2.29 bits per heavy atom. The van der Waals surface area contributed by atoms with E-state index in [0.29, 0.717) is 17.0 Å². The number of hydrogen-bond donors (Lipinski definition) is 1. The molecule has 2 aromatic rings. The van der Waals surface area contributed by atoms with Gasteiger partial charge in [0.15, 0.2) is 0 Å². The zero-order valence-corrected chi connectivity index (χ0v) is 13.7. The van der Waals surface area contributed by atoms with E-state index in [9.17, 15) is 4.39 Å². The monoisotopic (exact) mass is 305 g/mol. The van der Waals surface area contributed by atoms with Crippen molar-refractivity contribution >= 4 is 11.6 Å². The lowest BCUT2D eigenvalue weighted by atomic mass is 9.90. The molecule has 1 atom stereocenters. The molecule has 1 unspecified atom stereocenters. The summed E-state index contributed by atoms with van der Waals surface area (Å²) >= 11 is 5.99. The SMILES string of the molecule is CNC(Cc1cc(Cl)ccc1F)c1c(C)cc(C)cc1C. The van der Waals surface area contributed by atoms with Crippen molar-refractivity contribution in [2.45, 2.75) is 33.2 Å². The van der Waals surface area contributed by atoms with Crippen molar-refractivity contribution in [1.29, 1.82) is 0 Å². The average molecular weight is 306 g/mol. The maximum absolute atomic E-state index is 14.0. The van der Waals surface area contributed by atoms with Crippen LogP contribution in [0.25, 0.3) is 0 Å². The molecule has 2 aromatic carbocycles. The lowest BCUT2D eigenvalue weighted by Gasteiger charge is -2.22. The average Bonchev–Trinajstić information content (AvgIpc) is 2.40. The molecule has 0 bridgehead atoms. The van der Waals surface area contributed by atoms with Crippen molar-refractivity contribution in [2.24, 2.45) is 0 Å². The van der Waals surface area contributed by atoms with Crippen LogP contribution in [0.3, 0.4) is 0 Å². The molecule has 21 heavy (non-hydrogen) atoms. The molecular formula is C18H21ClFN. The molecule has 0 aromatic heterocycles. The highest BCUT2D eigenvalue weighted by Crippen LogP contribution is 2.28. The predicted molar refractivity (Wildman–Crippen MR) is 87.6 cm³/mol. The van der Waals surface area contributed by atoms with Crippen molar-refractivity contribution in [3.63, 3.8) is 0 Å². The van der Waals surface area contributed by atoms with Crippen molar-refractivity contribution in [3.05, 3.63) is 69.0 Å². The molecular weight excluding hydrogens is 285 g/mol. The highest BCUT2D eigenvalue weighted by Gasteiger charge is 2.17. The standard InChI is InChI=1S/C18H21ClFN/c1-11-7-12(2)18(13(3)8-11)17(21-4)10-14-9-15(19)5-6-16(14)20/h5-9,17,21H,10H2,1-4H3. The van der Waals surface area contributed by atoms with Crippen LogP contribution in [0.5, 0.6) is 0 Å². The lowest BCUT2D eigenvalue weighted by Crippen LogP contribution is -2.21. The van der Waals surface area contributed by atoms with Crippen molar-refractivity contribution in [2.75, 3.05) is 7.05 Å². The number of aryl methyl sites for hydroxylation is 3. The van der Waals surface area contributed by atoms with E-state index in [1.807, 2.05) is 7.05 Å². The molecule has 0 heterocycles. The van der Waals surface area contributed by atoms with E-state index < -0.39 is 0 Å². The molecule has 2 rings (SSSR count). The Hall–Kier alpha value is -1.38. The summed E-state index contributed by atoms with van der Waals surface area (Å²) < 4.78 is 14.0. The molecule has 3 heteroatoms. The van der Waals surface area contributed by atoms with Gasteiger partial charge in [-0.1, -0.05) is 29.3 Å². The van der Waals surface area contributed by atoms with Crippen LogP contribution in [0.15, 0.2) is 30.3 Å². The maximum Gasteiger partial charge on any atom is 0.126 e. The Kier molecular flexibility index (Phi) is 5.02. The molecule has 0 radical (unpaired) electrons. The lowest BCUT2D eigenvalue weighted by molar-refractivity contribution is 0.551. The van der Waals surface area contributed by atoms with Crippen molar-refractivity contribution in [1.82, 2.24) is 5.32 Å². The first kappa shape index (κ1) is 16.0.